The molecular formula is C26H25ClF3N5O. The van der Waals surface area contributed by atoms with E-state index in [1.165, 1.54) is 6.07 Å². The zero-order valence-electron chi connectivity index (χ0n) is 19.7. The smallest absolute Gasteiger partial charge is 0.416 e. The van der Waals surface area contributed by atoms with E-state index in [4.69, 9.17) is 4.74 Å². The summed E-state index contributed by atoms with van der Waals surface area (Å²) < 4.78 is 47.9. The van der Waals surface area contributed by atoms with Crippen molar-refractivity contribution in [3.8, 4) is 16.9 Å². The van der Waals surface area contributed by atoms with E-state index < -0.39 is 11.7 Å². The number of anilines is 2. The molecule has 2 aromatic carbocycles. The van der Waals surface area contributed by atoms with Crippen LogP contribution in [0.4, 0.5) is 24.8 Å². The number of alkyl halides is 3. The second kappa shape index (κ2) is 10.2. The quantitative estimate of drug-likeness (QED) is 0.325. The van der Waals surface area contributed by atoms with Crippen molar-refractivity contribution in [2.45, 2.75) is 38.4 Å². The summed E-state index contributed by atoms with van der Waals surface area (Å²) in [5, 5.41) is 7.72. The van der Waals surface area contributed by atoms with E-state index in [9.17, 15) is 13.2 Å². The molecule has 0 amide bonds. The largest absolute Gasteiger partial charge is 0.496 e. The molecule has 188 valence electrons. The van der Waals surface area contributed by atoms with Gasteiger partial charge >= 0.3 is 6.18 Å². The lowest BCUT2D eigenvalue weighted by molar-refractivity contribution is -0.138. The molecule has 1 aliphatic rings. The average molecular weight is 516 g/mol. The number of aromatic nitrogens is 4. The molecule has 0 saturated carbocycles. The van der Waals surface area contributed by atoms with Crippen molar-refractivity contribution < 1.29 is 17.9 Å². The number of hydrogen-bond donors (Lipinski definition) is 1. The van der Waals surface area contributed by atoms with Gasteiger partial charge < -0.3 is 10.1 Å². The first kappa shape index (κ1) is 25.5. The van der Waals surface area contributed by atoms with Crippen LogP contribution >= 0.6 is 12.4 Å². The molecule has 5 rings (SSSR count). The fourth-order valence-electron chi connectivity index (χ4n) is 4.58. The molecule has 0 saturated heterocycles. The molecule has 4 aromatic rings. The number of fused-ring (bicyclic) bond motifs is 1. The number of nitrogens with zero attached hydrogens (tertiary/aromatic N) is 4. The Balaban J connectivity index is 0.00000304. The molecular weight excluding hydrogens is 491 g/mol. The minimum atomic E-state index is -4.38. The highest BCUT2D eigenvalue weighted by atomic mass is 35.5. The molecule has 0 fully saturated rings. The summed E-state index contributed by atoms with van der Waals surface area (Å²) in [4.78, 5) is 8.81. The van der Waals surface area contributed by atoms with Gasteiger partial charge in [-0.2, -0.15) is 18.2 Å². The number of methoxy groups -OCH3 is 1. The predicted octanol–water partition coefficient (Wildman–Crippen LogP) is 6.57. The molecule has 1 aliphatic heterocycles. The predicted molar refractivity (Wildman–Crippen MR) is 134 cm³/mol. The summed E-state index contributed by atoms with van der Waals surface area (Å²) in [5.74, 6) is 1.49. The van der Waals surface area contributed by atoms with Gasteiger partial charge in [0.2, 0.25) is 5.95 Å². The van der Waals surface area contributed by atoms with Crippen LogP contribution in [0.25, 0.3) is 11.1 Å². The molecule has 0 radical (unpaired) electrons. The van der Waals surface area contributed by atoms with E-state index in [1.807, 2.05) is 37.3 Å². The lowest BCUT2D eigenvalue weighted by Gasteiger charge is -2.25. The first-order valence-corrected chi connectivity index (χ1v) is 11.3. The Kier molecular flexibility index (Phi) is 7.21. The van der Waals surface area contributed by atoms with Gasteiger partial charge in [-0.1, -0.05) is 18.2 Å². The Bertz CT molecular complexity index is 1370. The zero-order chi connectivity index (χ0) is 24.6. The van der Waals surface area contributed by atoms with Crippen molar-refractivity contribution in [2.75, 3.05) is 12.4 Å². The van der Waals surface area contributed by atoms with E-state index in [0.717, 1.165) is 28.6 Å². The van der Waals surface area contributed by atoms with Crippen LogP contribution in [0, 0.1) is 6.92 Å². The van der Waals surface area contributed by atoms with Gasteiger partial charge in [-0.25, -0.2) is 4.68 Å². The van der Waals surface area contributed by atoms with Crippen molar-refractivity contribution in [1.82, 2.24) is 19.7 Å². The second-order valence-electron chi connectivity index (χ2n) is 8.58. The summed E-state index contributed by atoms with van der Waals surface area (Å²) >= 11 is 0. The molecule has 1 atom stereocenters. The van der Waals surface area contributed by atoms with Crippen LogP contribution in [0.2, 0.25) is 0 Å². The highest BCUT2D eigenvalue weighted by molar-refractivity contribution is 5.85. The summed E-state index contributed by atoms with van der Waals surface area (Å²) in [5.41, 5.74) is 3.34. The molecule has 1 N–H and O–H groups in total. The summed E-state index contributed by atoms with van der Waals surface area (Å²) in [6.45, 7) is 2.44. The Hall–Kier alpha value is -3.59. The normalized spacial score (nSPS) is 15.1. The van der Waals surface area contributed by atoms with Crippen LogP contribution in [-0.2, 0) is 19.1 Å². The van der Waals surface area contributed by atoms with Crippen LogP contribution in [-0.4, -0.2) is 26.9 Å². The molecule has 10 heteroatoms. The number of hydrogen-bond acceptors (Lipinski definition) is 5. The lowest BCUT2D eigenvalue weighted by atomic mass is 9.87. The Morgan fingerprint density at radius 3 is 2.64 bits per heavy atom. The third-order valence-electron chi connectivity index (χ3n) is 6.24. The lowest BCUT2D eigenvalue weighted by Crippen LogP contribution is -2.21. The highest BCUT2D eigenvalue weighted by Crippen LogP contribution is 2.39. The topological polar surface area (TPSA) is 64.9 Å². The monoisotopic (exact) mass is 515 g/mol. The summed E-state index contributed by atoms with van der Waals surface area (Å²) in [7, 11) is 1.61. The summed E-state index contributed by atoms with van der Waals surface area (Å²) in [6.07, 6.45) is -1.66. The van der Waals surface area contributed by atoms with Gasteiger partial charge in [-0.3, -0.25) is 4.98 Å². The molecule has 0 bridgehead atoms. The number of benzene rings is 2. The minimum absolute atomic E-state index is 0. The highest BCUT2D eigenvalue weighted by Gasteiger charge is 2.36. The van der Waals surface area contributed by atoms with E-state index in [2.05, 4.69) is 20.4 Å². The van der Waals surface area contributed by atoms with Crippen molar-refractivity contribution >= 4 is 24.0 Å². The number of rotatable bonds is 5. The number of halogens is 4. The number of aryl methyl sites for hydroxylation is 2. The molecule has 2 aromatic heterocycles. The van der Waals surface area contributed by atoms with Crippen molar-refractivity contribution in [3.63, 3.8) is 0 Å². The van der Waals surface area contributed by atoms with Crippen molar-refractivity contribution in [1.29, 1.82) is 0 Å². The van der Waals surface area contributed by atoms with E-state index >= 15 is 0 Å². The third-order valence-corrected chi connectivity index (χ3v) is 6.24. The first-order chi connectivity index (χ1) is 16.8. The maximum Gasteiger partial charge on any atom is 0.416 e. The first-order valence-electron chi connectivity index (χ1n) is 11.3. The van der Waals surface area contributed by atoms with Gasteiger partial charge in [-0.15, -0.1) is 17.5 Å². The van der Waals surface area contributed by atoms with Gasteiger partial charge in [-0.05, 0) is 60.7 Å². The second-order valence-corrected chi connectivity index (χ2v) is 8.58. The third kappa shape index (κ3) is 5.16. The maximum atomic E-state index is 13.5. The Morgan fingerprint density at radius 2 is 1.89 bits per heavy atom. The van der Waals surface area contributed by atoms with Crippen LogP contribution < -0.4 is 10.1 Å². The Labute approximate surface area is 213 Å². The van der Waals surface area contributed by atoms with Crippen LogP contribution in [0.3, 0.4) is 0 Å². The molecule has 36 heavy (non-hydrogen) atoms. The standard InChI is InChI=1S/C26H24F3N5O.ClH/c1-16-13-17(9-11-30-16)21-8-7-19(15-23(21)35-2)31-25-32-24-14-18(10-12-34(24)33-25)20-5-3-4-6-22(20)26(27,28)29;/h3-9,11,13,15,18H,10,12,14H2,1-2H3,(H,31,33);1H. The molecule has 0 spiro atoms. The Morgan fingerprint density at radius 1 is 1.08 bits per heavy atom. The maximum absolute atomic E-state index is 13.5. The molecule has 0 aliphatic carbocycles. The van der Waals surface area contributed by atoms with Gasteiger partial charge in [0.15, 0.2) is 0 Å². The fourth-order valence-corrected chi connectivity index (χ4v) is 4.58. The fraction of sp³-hybridized carbons (Fsp3) is 0.269. The van der Waals surface area contributed by atoms with Crippen LogP contribution in [0.5, 0.6) is 5.75 Å². The minimum Gasteiger partial charge on any atom is -0.496 e. The summed E-state index contributed by atoms with van der Waals surface area (Å²) in [6, 6.07) is 15.4. The van der Waals surface area contributed by atoms with Crippen LogP contribution in [0.15, 0.2) is 60.8 Å². The molecule has 1 unspecified atom stereocenters. The van der Waals surface area contributed by atoms with Crippen molar-refractivity contribution in [3.05, 3.63) is 83.4 Å². The van der Waals surface area contributed by atoms with E-state index in [0.29, 0.717) is 42.5 Å². The SMILES string of the molecule is COc1cc(Nc2nc3n(n2)CCC(c2ccccc2C(F)(F)F)C3)ccc1-c1ccnc(C)c1.Cl. The van der Waals surface area contributed by atoms with E-state index in [1.54, 1.807) is 30.1 Å². The zero-order valence-corrected chi connectivity index (χ0v) is 20.5. The number of ether oxygens (including phenoxy) is 1. The molecule has 3 heterocycles. The number of nitrogens with one attached hydrogen (secondary N) is 1. The van der Waals surface area contributed by atoms with Crippen LogP contribution in [0.1, 0.15) is 35.0 Å². The molecule has 6 nitrogen and oxygen atoms in total. The average Bonchev–Trinajstić information content (AvgIpc) is 3.25. The number of pyridine rings is 1. The van der Waals surface area contributed by atoms with Gasteiger partial charge in [0.1, 0.15) is 11.6 Å². The van der Waals surface area contributed by atoms with Crippen molar-refractivity contribution in [2.24, 2.45) is 0 Å². The van der Waals surface area contributed by atoms with E-state index in [-0.39, 0.29) is 18.3 Å². The van der Waals surface area contributed by atoms with Gasteiger partial charge in [0.25, 0.3) is 0 Å². The van der Waals surface area contributed by atoms with Gasteiger partial charge in [0, 0.05) is 42.2 Å². The van der Waals surface area contributed by atoms with Gasteiger partial charge in [0.05, 0.1) is 12.7 Å².